The van der Waals surface area contributed by atoms with Gasteiger partial charge in [-0.2, -0.15) is 0 Å². The van der Waals surface area contributed by atoms with Crippen molar-refractivity contribution in [3.05, 3.63) is 0 Å². The summed E-state index contributed by atoms with van der Waals surface area (Å²) in [5, 5.41) is 3.50. The summed E-state index contributed by atoms with van der Waals surface area (Å²) in [5.41, 5.74) is 0.221. The van der Waals surface area contributed by atoms with Crippen molar-refractivity contribution in [2.24, 2.45) is 0 Å². The fourth-order valence-electron chi connectivity index (χ4n) is 1.85. The van der Waals surface area contributed by atoms with E-state index < -0.39 is 0 Å². The lowest BCUT2D eigenvalue weighted by atomic mass is 10.1. The first-order valence-corrected chi connectivity index (χ1v) is 6.10. The van der Waals surface area contributed by atoms with Gasteiger partial charge in [-0.25, -0.2) is 0 Å². The fraction of sp³-hybridized carbons (Fsp3) is 1.00. The topological polar surface area (TPSA) is 24.5 Å². The maximum atomic E-state index is 5.74. The summed E-state index contributed by atoms with van der Waals surface area (Å²) in [6.07, 6.45) is 1.54. The average molecular weight is 214 g/mol. The standard InChI is InChI=1S/C12H26N2O/c1-5-14-8-9-15-11(10-14)6-7-13-12(2,3)4/h11,13H,5-10H2,1-4H3. The molecule has 1 fully saturated rings. The van der Waals surface area contributed by atoms with Crippen LogP contribution >= 0.6 is 0 Å². The first-order valence-electron chi connectivity index (χ1n) is 6.10. The number of hydrogen-bond donors (Lipinski definition) is 1. The summed E-state index contributed by atoms with van der Waals surface area (Å²) in [5.74, 6) is 0. The average Bonchev–Trinajstić information content (AvgIpc) is 2.16. The maximum absolute atomic E-state index is 5.74. The molecule has 0 amide bonds. The second kappa shape index (κ2) is 5.83. The van der Waals surface area contributed by atoms with E-state index >= 15 is 0 Å². The van der Waals surface area contributed by atoms with Crippen LogP contribution in [0, 0.1) is 0 Å². The number of hydrogen-bond acceptors (Lipinski definition) is 3. The Balaban J connectivity index is 2.15. The molecule has 0 spiro atoms. The van der Waals surface area contributed by atoms with Crippen molar-refractivity contribution in [1.82, 2.24) is 10.2 Å². The van der Waals surface area contributed by atoms with Gasteiger partial charge in [0, 0.05) is 18.6 Å². The normalized spacial score (nSPS) is 24.4. The molecule has 3 heteroatoms. The molecule has 1 saturated heterocycles. The molecular weight excluding hydrogens is 188 g/mol. The summed E-state index contributed by atoms with van der Waals surface area (Å²) < 4.78 is 5.74. The molecule has 0 radical (unpaired) electrons. The van der Waals surface area contributed by atoms with E-state index in [4.69, 9.17) is 4.74 Å². The van der Waals surface area contributed by atoms with Crippen molar-refractivity contribution in [3.8, 4) is 0 Å². The first-order chi connectivity index (χ1) is 7.01. The van der Waals surface area contributed by atoms with E-state index in [1.807, 2.05) is 0 Å². The quantitative estimate of drug-likeness (QED) is 0.767. The van der Waals surface area contributed by atoms with Gasteiger partial charge >= 0.3 is 0 Å². The van der Waals surface area contributed by atoms with E-state index in [0.717, 1.165) is 39.2 Å². The molecule has 1 aliphatic rings. The van der Waals surface area contributed by atoms with E-state index in [-0.39, 0.29) is 5.54 Å². The third kappa shape index (κ3) is 5.50. The Hall–Kier alpha value is -0.120. The van der Waals surface area contributed by atoms with Crippen LogP contribution in [0.5, 0.6) is 0 Å². The Labute approximate surface area is 94.2 Å². The highest BCUT2D eigenvalue weighted by Crippen LogP contribution is 2.08. The second-order valence-electron chi connectivity index (χ2n) is 5.35. The molecule has 0 aromatic heterocycles. The number of likely N-dealkylation sites (N-methyl/N-ethyl adjacent to an activating group) is 1. The molecule has 0 aromatic carbocycles. The van der Waals surface area contributed by atoms with Gasteiger partial charge in [-0.15, -0.1) is 0 Å². The molecule has 0 saturated carbocycles. The molecule has 1 unspecified atom stereocenters. The minimum Gasteiger partial charge on any atom is -0.376 e. The van der Waals surface area contributed by atoms with E-state index in [2.05, 4.69) is 37.9 Å². The van der Waals surface area contributed by atoms with Crippen molar-refractivity contribution in [2.45, 2.75) is 45.8 Å². The summed E-state index contributed by atoms with van der Waals surface area (Å²) >= 11 is 0. The number of ether oxygens (including phenoxy) is 1. The molecule has 1 atom stereocenters. The number of nitrogens with zero attached hydrogens (tertiary/aromatic N) is 1. The van der Waals surface area contributed by atoms with E-state index in [0.29, 0.717) is 6.10 Å². The highest BCUT2D eigenvalue weighted by atomic mass is 16.5. The molecule has 1 heterocycles. The van der Waals surface area contributed by atoms with Crippen LogP contribution in [0.25, 0.3) is 0 Å². The SMILES string of the molecule is CCN1CCOC(CCNC(C)(C)C)C1. The van der Waals surface area contributed by atoms with E-state index in [1.54, 1.807) is 0 Å². The summed E-state index contributed by atoms with van der Waals surface area (Å²) in [6, 6.07) is 0. The van der Waals surface area contributed by atoms with Crippen molar-refractivity contribution in [2.75, 3.05) is 32.8 Å². The van der Waals surface area contributed by atoms with Crippen LogP contribution in [-0.2, 0) is 4.74 Å². The van der Waals surface area contributed by atoms with Gasteiger partial charge in [0.05, 0.1) is 12.7 Å². The lowest BCUT2D eigenvalue weighted by molar-refractivity contribution is -0.0303. The van der Waals surface area contributed by atoms with Gasteiger partial charge in [0.1, 0.15) is 0 Å². The molecule has 1 aliphatic heterocycles. The molecule has 0 aliphatic carbocycles. The van der Waals surface area contributed by atoms with E-state index in [9.17, 15) is 0 Å². The third-order valence-corrected chi connectivity index (χ3v) is 2.79. The van der Waals surface area contributed by atoms with Crippen LogP contribution in [-0.4, -0.2) is 49.3 Å². The summed E-state index contributed by atoms with van der Waals surface area (Å²) in [6.45, 7) is 14.1. The first kappa shape index (κ1) is 12.9. The Morgan fingerprint density at radius 3 is 2.73 bits per heavy atom. The Kier molecular flexibility index (Phi) is 5.03. The monoisotopic (exact) mass is 214 g/mol. The Morgan fingerprint density at radius 2 is 2.13 bits per heavy atom. The van der Waals surface area contributed by atoms with Gasteiger partial charge in [-0.05, 0) is 40.3 Å². The summed E-state index contributed by atoms with van der Waals surface area (Å²) in [4.78, 5) is 2.46. The van der Waals surface area contributed by atoms with Crippen LogP contribution in [0.15, 0.2) is 0 Å². The van der Waals surface area contributed by atoms with E-state index in [1.165, 1.54) is 0 Å². The number of morpholine rings is 1. The highest BCUT2D eigenvalue weighted by Gasteiger charge is 2.19. The van der Waals surface area contributed by atoms with Gasteiger partial charge in [0.25, 0.3) is 0 Å². The van der Waals surface area contributed by atoms with Gasteiger partial charge in [-0.1, -0.05) is 6.92 Å². The summed E-state index contributed by atoms with van der Waals surface area (Å²) in [7, 11) is 0. The Morgan fingerprint density at radius 1 is 1.40 bits per heavy atom. The molecular formula is C12H26N2O. The number of rotatable bonds is 4. The maximum Gasteiger partial charge on any atom is 0.0714 e. The molecule has 0 bridgehead atoms. The minimum atomic E-state index is 0.221. The van der Waals surface area contributed by atoms with Crippen LogP contribution in [0.2, 0.25) is 0 Å². The van der Waals surface area contributed by atoms with Crippen LogP contribution in [0.4, 0.5) is 0 Å². The van der Waals surface area contributed by atoms with Crippen LogP contribution in [0.1, 0.15) is 34.1 Å². The lowest BCUT2D eigenvalue weighted by Gasteiger charge is -2.32. The largest absolute Gasteiger partial charge is 0.376 e. The molecule has 3 nitrogen and oxygen atoms in total. The van der Waals surface area contributed by atoms with Crippen molar-refractivity contribution >= 4 is 0 Å². The lowest BCUT2D eigenvalue weighted by Crippen LogP contribution is -2.44. The molecule has 1 N–H and O–H groups in total. The number of nitrogens with one attached hydrogen (secondary N) is 1. The van der Waals surface area contributed by atoms with Gasteiger partial charge in [-0.3, -0.25) is 4.90 Å². The van der Waals surface area contributed by atoms with Crippen molar-refractivity contribution < 1.29 is 4.74 Å². The predicted octanol–water partition coefficient (Wildman–Crippen LogP) is 1.49. The minimum absolute atomic E-state index is 0.221. The highest BCUT2D eigenvalue weighted by molar-refractivity contribution is 4.75. The molecule has 0 aromatic rings. The van der Waals surface area contributed by atoms with Crippen LogP contribution < -0.4 is 5.32 Å². The fourth-order valence-corrected chi connectivity index (χ4v) is 1.85. The molecule has 90 valence electrons. The van der Waals surface area contributed by atoms with Crippen molar-refractivity contribution in [1.29, 1.82) is 0 Å². The molecule has 1 rings (SSSR count). The zero-order valence-electron chi connectivity index (χ0n) is 10.7. The Bertz CT molecular complexity index is 177. The van der Waals surface area contributed by atoms with Gasteiger partial charge in [0.2, 0.25) is 0 Å². The predicted molar refractivity (Wildman–Crippen MR) is 64.2 cm³/mol. The third-order valence-electron chi connectivity index (χ3n) is 2.79. The van der Waals surface area contributed by atoms with Gasteiger partial charge < -0.3 is 10.1 Å². The zero-order valence-corrected chi connectivity index (χ0v) is 10.7. The van der Waals surface area contributed by atoms with Crippen LogP contribution in [0.3, 0.4) is 0 Å². The van der Waals surface area contributed by atoms with Gasteiger partial charge in [0.15, 0.2) is 0 Å². The molecule has 15 heavy (non-hydrogen) atoms. The smallest absolute Gasteiger partial charge is 0.0714 e. The zero-order chi connectivity index (χ0) is 11.3. The second-order valence-corrected chi connectivity index (χ2v) is 5.35. The van der Waals surface area contributed by atoms with Crippen molar-refractivity contribution in [3.63, 3.8) is 0 Å².